The van der Waals surface area contributed by atoms with Gasteiger partial charge in [0.1, 0.15) is 0 Å². The molecule has 3 rings (SSSR count). The van der Waals surface area contributed by atoms with Gasteiger partial charge in [-0.3, -0.25) is 4.79 Å². The van der Waals surface area contributed by atoms with Gasteiger partial charge in [-0.15, -0.1) is 0 Å². The number of hydrogen-bond donors (Lipinski definition) is 1. The first-order valence-corrected chi connectivity index (χ1v) is 9.77. The van der Waals surface area contributed by atoms with E-state index in [4.69, 9.17) is 5.11 Å². The van der Waals surface area contributed by atoms with Gasteiger partial charge in [0, 0.05) is 12.6 Å². The molecule has 1 N–H and O–H groups in total. The van der Waals surface area contributed by atoms with Crippen LogP contribution < -0.4 is 4.90 Å². The first kappa shape index (κ1) is 20.1. The van der Waals surface area contributed by atoms with Gasteiger partial charge < -0.3 is 10.0 Å². The maximum atomic E-state index is 12.3. The fraction of sp³-hybridized carbons (Fsp3) is 0.417. The predicted octanol–water partition coefficient (Wildman–Crippen LogP) is 5.29. The topological polar surface area (TPSA) is 57.6 Å². The number of carboxylic acid groups (broad SMARTS) is 1. The quantitative estimate of drug-likeness (QED) is 0.785. The summed E-state index contributed by atoms with van der Waals surface area (Å²) in [6.45, 7) is 11.2. The highest BCUT2D eigenvalue weighted by atomic mass is 16.4. The van der Waals surface area contributed by atoms with Gasteiger partial charge in [0.2, 0.25) is 5.91 Å². The van der Waals surface area contributed by atoms with E-state index in [0.29, 0.717) is 12.2 Å². The number of rotatable bonds is 4. The minimum Gasteiger partial charge on any atom is -0.478 e. The SMILES string of the molecule is CC(=O)N(Cc1ccc2c(c1)C(C)(C)CCC2(C)C)c1ccc(C(=O)O)cc1. The molecule has 148 valence electrons. The Morgan fingerprint density at radius 3 is 2.04 bits per heavy atom. The molecule has 0 aromatic heterocycles. The Balaban J connectivity index is 1.95. The Morgan fingerprint density at radius 2 is 1.50 bits per heavy atom. The minimum atomic E-state index is -0.972. The van der Waals surface area contributed by atoms with E-state index in [-0.39, 0.29) is 22.3 Å². The summed E-state index contributed by atoms with van der Waals surface area (Å²) in [6, 6.07) is 13.0. The van der Waals surface area contributed by atoms with E-state index >= 15 is 0 Å². The van der Waals surface area contributed by atoms with Crippen LogP contribution in [0.3, 0.4) is 0 Å². The fourth-order valence-corrected chi connectivity index (χ4v) is 4.09. The van der Waals surface area contributed by atoms with E-state index in [1.165, 1.54) is 36.6 Å². The van der Waals surface area contributed by atoms with Gasteiger partial charge in [0.25, 0.3) is 0 Å². The molecule has 2 aromatic carbocycles. The molecule has 4 heteroatoms. The number of nitrogens with zero attached hydrogens (tertiary/aromatic N) is 1. The average molecular weight is 380 g/mol. The molecule has 1 amide bonds. The predicted molar refractivity (Wildman–Crippen MR) is 112 cm³/mol. The maximum Gasteiger partial charge on any atom is 0.335 e. The Labute approximate surface area is 167 Å². The van der Waals surface area contributed by atoms with Crippen LogP contribution in [0.2, 0.25) is 0 Å². The van der Waals surface area contributed by atoms with Crippen LogP contribution in [-0.2, 0) is 22.2 Å². The van der Waals surface area contributed by atoms with Crippen molar-refractivity contribution < 1.29 is 14.7 Å². The molecule has 0 radical (unpaired) electrons. The zero-order chi connectivity index (χ0) is 20.7. The second kappa shape index (κ2) is 7.08. The third-order valence-corrected chi connectivity index (χ3v) is 6.06. The Hall–Kier alpha value is -2.62. The van der Waals surface area contributed by atoms with Crippen LogP contribution in [-0.4, -0.2) is 17.0 Å². The minimum absolute atomic E-state index is 0.0691. The Bertz CT molecular complexity index is 910. The highest BCUT2D eigenvalue weighted by molar-refractivity contribution is 5.93. The summed E-state index contributed by atoms with van der Waals surface area (Å²) in [6.07, 6.45) is 2.31. The number of carboxylic acids is 1. The number of carbonyl (C=O) groups excluding carboxylic acids is 1. The molecule has 0 spiro atoms. The van der Waals surface area contributed by atoms with Gasteiger partial charge in [-0.05, 0) is 64.6 Å². The molecule has 28 heavy (non-hydrogen) atoms. The van der Waals surface area contributed by atoms with E-state index in [0.717, 1.165) is 12.0 Å². The molecule has 2 aromatic rings. The van der Waals surface area contributed by atoms with Crippen LogP contribution in [0.25, 0.3) is 0 Å². The highest BCUT2D eigenvalue weighted by Crippen LogP contribution is 2.46. The molecular formula is C24H29NO3. The van der Waals surface area contributed by atoms with Crippen molar-refractivity contribution >= 4 is 17.6 Å². The standard InChI is InChI=1S/C24H29NO3/c1-16(26)25(19-9-7-18(8-10-19)22(27)28)15-17-6-11-20-21(14-17)24(4,5)13-12-23(20,2)3/h6-11,14H,12-13,15H2,1-5H3,(H,27,28). The lowest BCUT2D eigenvalue weighted by Crippen LogP contribution is -2.34. The monoisotopic (exact) mass is 379 g/mol. The number of anilines is 1. The number of benzene rings is 2. The van der Waals surface area contributed by atoms with Crippen molar-refractivity contribution in [1.82, 2.24) is 0 Å². The van der Waals surface area contributed by atoms with Crippen LogP contribution in [0.4, 0.5) is 5.69 Å². The summed E-state index contributed by atoms with van der Waals surface area (Å²) < 4.78 is 0. The third kappa shape index (κ3) is 3.82. The summed E-state index contributed by atoms with van der Waals surface area (Å²) in [5.74, 6) is -1.04. The van der Waals surface area contributed by atoms with Crippen molar-refractivity contribution in [2.75, 3.05) is 4.90 Å². The molecule has 0 aliphatic heterocycles. The Kier molecular flexibility index (Phi) is 5.09. The molecule has 0 saturated carbocycles. The first-order chi connectivity index (χ1) is 13.0. The smallest absolute Gasteiger partial charge is 0.335 e. The molecule has 0 saturated heterocycles. The van der Waals surface area contributed by atoms with Crippen molar-refractivity contribution in [3.63, 3.8) is 0 Å². The van der Waals surface area contributed by atoms with E-state index in [1.807, 2.05) is 0 Å². The lowest BCUT2D eigenvalue weighted by atomic mass is 9.63. The van der Waals surface area contributed by atoms with Gasteiger partial charge in [0.05, 0.1) is 12.1 Å². The summed E-state index contributed by atoms with van der Waals surface area (Å²) >= 11 is 0. The summed E-state index contributed by atoms with van der Waals surface area (Å²) in [7, 11) is 0. The van der Waals surface area contributed by atoms with Gasteiger partial charge >= 0.3 is 5.97 Å². The van der Waals surface area contributed by atoms with Crippen molar-refractivity contribution in [3.05, 3.63) is 64.7 Å². The molecule has 0 fully saturated rings. The lowest BCUT2D eigenvalue weighted by Gasteiger charge is -2.42. The molecule has 4 nitrogen and oxygen atoms in total. The second-order valence-corrected chi connectivity index (χ2v) is 9.10. The van der Waals surface area contributed by atoms with E-state index < -0.39 is 5.97 Å². The second-order valence-electron chi connectivity index (χ2n) is 9.10. The van der Waals surface area contributed by atoms with Gasteiger partial charge in [-0.1, -0.05) is 45.9 Å². The average Bonchev–Trinajstić information content (AvgIpc) is 2.63. The zero-order valence-corrected chi connectivity index (χ0v) is 17.4. The van der Waals surface area contributed by atoms with Crippen molar-refractivity contribution in [1.29, 1.82) is 0 Å². The van der Waals surface area contributed by atoms with Crippen LogP contribution in [0, 0.1) is 0 Å². The van der Waals surface area contributed by atoms with Crippen LogP contribution in [0.1, 0.15) is 74.5 Å². The van der Waals surface area contributed by atoms with Crippen molar-refractivity contribution in [3.8, 4) is 0 Å². The molecule has 0 unspecified atom stereocenters. The first-order valence-electron chi connectivity index (χ1n) is 9.77. The van der Waals surface area contributed by atoms with E-state index in [1.54, 1.807) is 17.0 Å². The summed E-state index contributed by atoms with van der Waals surface area (Å²) in [5, 5.41) is 9.08. The van der Waals surface area contributed by atoms with Gasteiger partial charge in [-0.25, -0.2) is 4.79 Å². The Morgan fingerprint density at radius 1 is 0.929 bits per heavy atom. The maximum absolute atomic E-state index is 12.3. The lowest BCUT2D eigenvalue weighted by molar-refractivity contribution is -0.116. The summed E-state index contributed by atoms with van der Waals surface area (Å²) in [4.78, 5) is 25.1. The number of amides is 1. The molecule has 0 heterocycles. The third-order valence-electron chi connectivity index (χ3n) is 6.06. The van der Waals surface area contributed by atoms with E-state index in [9.17, 15) is 9.59 Å². The van der Waals surface area contributed by atoms with E-state index in [2.05, 4.69) is 45.9 Å². The van der Waals surface area contributed by atoms with Gasteiger partial charge in [0.15, 0.2) is 0 Å². The van der Waals surface area contributed by atoms with Crippen LogP contribution in [0.15, 0.2) is 42.5 Å². The molecule has 1 aliphatic rings. The highest BCUT2D eigenvalue weighted by Gasteiger charge is 2.37. The summed E-state index contributed by atoms with van der Waals surface area (Å²) in [5.41, 5.74) is 5.04. The normalized spacial score (nSPS) is 16.9. The fourth-order valence-electron chi connectivity index (χ4n) is 4.09. The van der Waals surface area contributed by atoms with Crippen LogP contribution in [0.5, 0.6) is 0 Å². The number of hydrogen-bond acceptors (Lipinski definition) is 2. The number of fused-ring (bicyclic) bond motifs is 1. The number of aromatic carboxylic acids is 1. The molecule has 0 bridgehead atoms. The molecular weight excluding hydrogens is 350 g/mol. The largest absolute Gasteiger partial charge is 0.478 e. The molecule has 1 aliphatic carbocycles. The van der Waals surface area contributed by atoms with Crippen LogP contribution >= 0.6 is 0 Å². The molecule has 0 atom stereocenters. The van der Waals surface area contributed by atoms with Gasteiger partial charge in [-0.2, -0.15) is 0 Å². The van der Waals surface area contributed by atoms with Crippen molar-refractivity contribution in [2.24, 2.45) is 0 Å². The zero-order valence-electron chi connectivity index (χ0n) is 17.4. The number of carbonyl (C=O) groups is 2. The van der Waals surface area contributed by atoms with Crippen molar-refractivity contribution in [2.45, 2.75) is 64.8 Å².